The SMILES string of the molecule is NC1CCN(CC(=O)NCCCCC(=O)O)CC1. The second-order valence-corrected chi connectivity index (χ2v) is 4.81. The highest BCUT2D eigenvalue weighted by Gasteiger charge is 2.17. The predicted molar refractivity (Wildman–Crippen MR) is 68.1 cm³/mol. The molecule has 0 bridgehead atoms. The summed E-state index contributed by atoms with van der Waals surface area (Å²) in [4.78, 5) is 24.0. The molecule has 104 valence electrons. The maximum atomic E-state index is 11.6. The van der Waals surface area contributed by atoms with Gasteiger partial charge in [-0.15, -0.1) is 0 Å². The van der Waals surface area contributed by atoms with Crippen molar-refractivity contribution in [2.45, 2.75) is 38.1 Å². The fourth-order valence-corrected chi connectivity index (χ4v) is 2.00. The topological polar surface area (TPSA) is 95.7 Å². The summed E-state index contributed by atoms with van der Waals surface area (Å²) < 4.78 is 0. The highest BCUT2D eigenvalue weighted by Crippen LogP contribution is 2.07. The minimum absolute atomic E-state index is 0.0146. The molecule has 1 rings (SSSR count). The van der Waals surface area contributed by atoms with Crippen LogP contribution in [0.5, 0.6) is 0 Å². The minimum Gasteiger partial charge on any atom is -0.481 e. The van der Waals surface area contributed by atoms with Crippen LogP contribution in [0.15, 0.2) is 0 Å². The van der Waals surface area contributed by atoms with Crippen LogP contribution in [0.4, 0.5) is 0 Å². The smallest absolute Gasteiger partial charge is 0.303 e. The molecule has 1 fully saturated rings. The summed E-state index contributed by atoms with van der Waals surface area (Å²) in [5.41, 5.74) is 5.79. The van der Waals surface area contributed by atoms with Gasteiger partial charge in [-0.05, 0) is 25.7 Å². The molecule has 1 saturated heterocycles. The molecule has 4 N–H and O–H groups in total. The average molecular weight is 257 g/mol. The van der Waals surface area contributed by atoms with Crippen molar-refractivity contribution in [3.8, 4) is 0 Å². The van der Waals surface area contributed by atoms with E-state index in [1.165, 1.54) is 0 Å². The number of nitrogens with two attached hydrogens (primary N) is 1. The predicted octanol–water partition coefficient (Wildman–Crippen LogP) is -0.219. The van der Waals surface area contributed by atoms with Crippen molar-refractivity contribution in [2.24, 2.45) is 5.73 Å². The number of carboxylic acids is 1. The highest BCUT2D eigenvalue weighted by atomic mass is 16.4. The molecule has 0 unspecified atom stereocenters. The van der Waals surface area contributed by atoms with Crippen molar-refractivity contribution in [1.82, 2.24) is 10.2 Å². The largest absolute Gasteiger partial charge is 0.481 e. The van der Waals surface area contributed by atoms with Crippen molar-refractivity contribution in [2.75, 3.05) is 26.2 Å². The standard InChI is InChI=1S/C12H23N3O3/c13-10-4-7-15(8-5-10)9-11(16)14-6-2-1-3-12(17)18/h10H,1-9,13H2,(H,14,16)(H,17,18). The first-order valence-electron chi connectivity index (χ1n) is 6.54. The maximum Gasteiger partial charge on any atom is 0.303 e. The number of aliphatic carboxylic acids is 1. The Labute approximate surface area is 108 Å². The lowest BCUT2D eigenvalue weighted by molar-refractivity contribution is -0.137. The number of carboxylic acid groups (broad SMARTS) is 1. The van der Waals surface area contributed by atoms with Crippen molar-refractivity contribution < 1.29 is 14.7 Å². The van der Waals surface area contributed by atoms with Gasteiger partial charge in [0.05, 0.1) is 6.54 Å². The first-order chi connectivity index (χ1) is 8.58. The summed E-state index contributed by atoms with van der Waals surface area (Å²) >= 11 is 0. The Morgan fingerprint density at radius 1 is 1.28 bits per heavy atom. The zero-order valence-electron chi connectivity index (χ0n) is 10.7. The van der Waals surface area contributed by atoms with Gasteiger partial charge < -0.3 is 16.2 Å². The number of hydrogen-bond acceptors (Lipinski definition) is 4. The van der Waals surface area contributed by atoms with Gasteiger partial charge in [0, 0.05) is 32.1 Å². The molecule has 0 radical (unpaired) electrons. The summed E-state index contributed by atoms with van der Waals surface area (Å²) in [7, 11) is 0. The quantitative estimate of drug-likeness (QED) is 0.548. The number of unbranched alkanes of at least 4 members (excludes halogenated alkanes) is 1. The number of carbonyl (C=O) groups is 2. The number of rotatable bonds is 7. The van der Waals surface area contributed by atoms with E-state index in [4.69, 9.17) is 10.8 Å². The third-order valence-corrected chi connectivity index (χ3v) is 3.14. The van der Waals surface area contributed by atoms with E-state index in [-0.39, 0.29) is 18.4 Å². The van der Waals surface area contributed by atoms with Crippen LogP contribution in [-0.4, -0.2) is 54.1 Å². The van der Waals surface area contributed by atoms with E-state index in [2.05, 4.69) is 10.2 Å². The fraction of sp³-hybridized carbons (Fsp3) is 0.833. The number of carbonyl (C=O) groups excluding carboxylic acids is 1. The molecule has 0 atom stereocenters. The number of hydrogen-bond donors (Lipinski definition) is 3. The fourth-order valence-electron chi connectivity index (χ4n) is 2.00. The second-order valence-electron chi connectivity index (χ2n) is 4.81. The van der Waals surface area contributed by atoms with Gasteiger partial charge in [-0.3, -0.25) is 14.5 Å². The lowest BCUT2D eigenvalue weighted by Crippen LogP contribution is -2.44. The van der Waals surface area contributed by atoms with Crippen LogP contribution in [0.1, 0.15) is 32.1 Å². The Kier molecular flexibility index (Phi) is 6.67. The van der Waals surface area contributed by atoms with Crippen molar-refractivity contribution in [1.29, 1.82) is 0 Å². The molecule has 1 heterocycles. The number of nitrogens with zero attached hydrogens (tertiary/aromatic N) is 1. The van der Waals surface area contributed by atoms with Crippen LogP contribution in [0.3, 0.4) is 0 Å². The molecule has 1 aliphatic heterocycles. The Morgan fingerprint density at radius 2 is 1.94 bits per heavy atom. The Bertz CT molecular complexity index is 276. The molecule has 0 aromatic rings. The number of nitrogens with one attached hydrogen (secondary N) is 1. The van der Waals surface area contributed by atoms with Crippen molar-refractivity contribution >= 4 is 11.9 Å². The lowest BCUT2D eigenvalue weighted by atomic mass is 10.1. The summed E-state index contributed by atoms with van der Waals surface area (Å²) in [5, 5.41) is 11.3. The van der Waals surface area contributed by atoms with Crippen molar-refractivity contribution in [3.05, 3.63) is 0 Å². The molecule has 1 aliphatic rings. The minimum atomic E-state index is -0.786. The zero-order valence-corrected chi connectivity index (χ0v) is 10.7. The van der Waals surface area contributed by atoms with Gasteiger partial charge in [-0.1, -0.05) is 0 Å². The molecule has 6 heteroatoms. The van der Waals surface area contributed by atoms with E-state index in [0.717, 1.165) is 25.9 Å². The van der Waals surface area contributed by atoms with Crippen molar-refractivity contribution in [3.63, 3.8) is 0 Å². The van der Waals surface area contributed by atoms with Crippen LogP contribution in [0.2, 0.25) is 0 Å². The third-order valence-electron chi connectivity index (χ3n) is 3.14. The first-order valence-corrected chi connectivity index (χ1v) is 6.54. The summed E-state index contributed by atoms with van der Waals surface area (Å²) in [6, 6.07) is 0.278. The monoisotopic (exact) mass is 257 g/mol. The van der Waals surface area contributed by atoms with E-state index in [9.17, 15) is 9.59 Å². The van der Waals surface area contributed by atoms with Gasteiger partial charge in [0.1, 0.15) is 0 Å². The van der Waals surface area contributed by atoms with E-state index >= 15 is 0 Å². The zero-order chi connectivity index (χ0) is 13.4. The molecule has 0 aromatic carbocycles. The van der Waals surface area contributed by atoms with Gasteiger partial charge in [-0.25, -0.2) is 0 Å². The van der Waals surface area contributed by atoms with Crippen LogP contribution in [0, 0.1) is 0 Å². The van der Waals surface area contributed by atoms with Crippen LogP contribution in [-0.2, 0) is 9.59 Å². The van der Waals surface area contributed by atoms with Gasteiger partial charge >= 0.3 is 5.97 Å². The summed E-state index contributed by atoms with van der Waals surface area (Å²) in [6.07, 6.45) is 3.38. The van der Waals surface area contributed by atoms with E-state index in [1.807, 2.05) is 0 Å². The molecular formula is C12H23N3O3. The Hall–Kier alpha value is -1.14. The normalized spacial score (nSPS) is 17.6. The van der Waals surface area contributed by atoms with Gasteiger partial charge in [0.25, 0.3) is 0 Å². The van der Waals surface area contributed by atoms with Gasteiger partial charge in [0.2, 0.25) is 5.91 Å². The molecule has 18 heavy (non-hydrogen) atoms. The molecule has 0 aromatic heterocycles. The third kappa shape index (κ3) is 6.56. The van der Waals surface area contributed by atoms with E-state index in [0.29, 0.717) is 25.9 Å². The molecule has 0 saturated carbocycles. The Morgan fingerprint density at radius 3 is 2.56 bits per heavy atom. The maximum absolute atomic E-state index is 11.6. The van der Waals surface area contributed by atoms with Crippen LogP contribution < -0.4 is 11.1 Å². The molecule has 0 spiro atoms. The summed E-state index contributed by atoms with van der Waals surface area (Å²) in [6.45, 7) is 2.74. The Balaban J connectivity index is 2.01. The average Bonchev–Trinajstić information content (AvgIpc) is 2.31. The van der Waals surface area contributed by atoms with Crippen LogP contribution in [0.25, 0.3) is 0 Å². The first kappa shape index (κ1) is 14.9. The highest BCUT2D eigenvalue weighted by molar-refractivity contribution is 5.78. The number of amides is 1. The number of likely N-dealkylation sites (tertiary alicyclic amines) is 1. The molecule has 1 amide bonds. The molecule has 6 nitrogen and oxygen atoms in total. The van der Waals surface area contributed by atoms with Gasteiger partial charge in [0.15, 0.2) is 0 Å². The van der Waals surface area contributed by atoms with Gasteiger partial charge in [-0.2, -0.15) is 0 Å². The lowest BCUT2D eigenvalue weighted by Gasteiger charge is -2.29. The second kappa shape index (κ2) is 8.05. The van der Waals surface area contributed by atoms with Crippen LogP contribution >= 0.6 is 0 Å². The number of piperidine rings is 1. The molecule has 0 aliphatic carbocycles. The van der Waals surface area contributed by atoms with E-state index in [1.54, 1.807) is 0 Å². The molecular weight excluding hydrogens is 234 g/mol. The van der Waals surface area contributed by atoms with E-state index < -0.39 is 5.97 Å². The summed E-state index contributed by atoms with van der Waals surface area (Å²) in [5.74, 6) is -0.772.